The van der Waals surface area contributed by atoms with E-state index < -0.39 is 9.28 Å². The molecule has 0 aromatic carbocycles. The van der Waals surface area contributed by atoms with Crippen LogP contribution >= 0.6 is 15.9 Å². The van der Waals surface area contributed by atoms with E-state index in [-0.39, 0.29) is 0 Å². The molecule has 11 heavy (non-hydrogen) atoms. The van der Waals surface area contributed by atoms with Crippen molar-refractivity contribution in [3.05, 3.63) is 0 Å². The molecule has 0 aromatic rings. The molecule has 0 amide bonds. The maximum atomic E-state index is 5.26. The standard InChI is InChI=1S/C7H17BrO2Si/c1-7(5-4-6-8)11(9-2)10-3/h7,11H,4-6H2,1-3H3. The average Bonchev–Trinajstić information content (AvgIpc) is 2.03. The Kier molecular flexibility index (Phi) is 7.68. The van der Waals surface area contributed by atoms with Gasteiger partial charge in [0.15, 0.2) is 0 Å². The van der Waals surface area contributed by atoms with Crippen LogP contribution in [-0.2, 0) is 8.85 Å². The molecule has 0 heterocycles. The van der Waals surface area contributed by atoms with E-state index in [0.717, 1.165) is 5.33 Å². The minimum atomic E-state index is -1.34. The largest absolute Gasteiger partial charge is 0.400 e. The van der Waals surface area contributed by atoms with E-state index in [1.807, 2.05) is 0 Å². The molecule has 0 aliphatic carbocycles. The molecule has 0 bridgehead atoms. The van der Waals surface area contributed by atoms with E-state index in [4.69, 9.17) is 8.85 Å². The fraction of sp³-hybridized carbons (Fsp3) is 1.00. The van der Waals surface area contributed by atoms with Crippen LogP contribution < -0.4 is 0 Å². The molecule has 0 rings (SSSR count). The average molecular weight is 241 g/mol. The van der Waals surface area contributed by atoms with Crippen molar-refractivity contribution in [1.82, 2.24) is 0 Å². The SMILES string of the molecule is CO[SiH](OC)C(C)CCCBr. The maximum Gasteiger partial charge on any atom is 0.323 e. The lowest BCUT2D eigenvalue weighted by atomic mass is 10.3. The lowest BCUT2D eigenvalue weighted by molar-refractivity contribution is 0.265. The molecule has 2 nitrogen and oxygen atoms in total. The number of rotatable bonds is 6. The molecule has 0 saturated heterocycles. The lowest BCUT2D eigenvalue weighted by Gasteiger charge is -2.17. The monoisotopic (exact) mass is 240 g/mol. The van der Waals surface area contributed by atoms with Crippen molar-refractivity contribution in [3.8, 4) is 0 Å². The summed E-state index contributed by atoms with van der Waals surface area (Å²) >= 11 is 3.40. The van der Waals surface area contributed by atoms with Crippen molar-refractivity contribution in [2.45, 2.75) is 25.3 Å². The summed E-state index contributed by atoms with van der Waals surface area (Å²) in [6.45, 7) is 2.20. The fourth-order valence-electron chi connectivity index (χ4n) is 1.10. The Morgan fingerprint density at radius 1 is 1.36 bits per heavy atom. The van der Waals surface area contributed by atoms with Gasteiger partial charge in [-0.1, -0.05) is 22.9 Å². The smallest absolute Gasteiger partial charge is 0.323 e. The van der Waals surface area contributed by atoms with Gasteiger partial charge in [-0.05, 0) is 18.4 Å². The van der Waals surface area contributed by atoms with Gasteiger partial charge >= 0.3 is 9.28 Å². The molecule has 0 N–H and O–H groups in total. The van der Waals surface area contributed by atoms with E-state index in [2.05, 4.69) is 22.9 Å². The van der Waals surface area contributed by atoms with Gasteiger partial charge in [0.05, 0.1) is 0 Å². The molecule has 0 spiro atoms. The van der Waals surface area contributed by atoms with Gasteiger partial charge in [0.2, 0.25) is 0 Å². The quantitative estimate of drug-likeness (QED) is 0.523. The first-order valence-corrected chi connectivity index (χ1v) is 6.61. The summed E-state index contributed by atoms with van der Waals surface area (Å²) < 4.78 is 10.5. The van der Waals surface area contributed by atoms with E-state index in [0.29, 0.717) is 5.54 Å². The van der Waals surface area contributed by atoms with Crippen molar-refractivity contribution >= 4 is 25.2 Å². The molecule has 0 aliphatic rings. The molecular formula is C7H17BrO2Si. The van der Waals surface area contributed by atoms with Crippen LogP contribution in [0.1, 0.15) is 19.8 Å². The van der Waals surface area contributed by atoms with Crippen LogP contribution in [0.4, 0.5) is 0 Å². The fourth-order valence-corrected chi connectivity index (χ4v) is 3.05. The molecule has 0 aliphatic heterocycles. The highest BCUT2D eigenvalue weighted by Crippen LogP contribution is 2.17. The van der Waals surface area contributed by atoms with E-state index in [1.54, 1.807) is 14.2 Å². The Balaban J connectivity index is 3.51. The second-order valence-corrected chi connectivity index (χ2v) is 6.26. The van der Waals surface area contributed by atoms with Gasteiger partial charge < -0.3 is 8.85 Å². The van der Waals surface area contributed by atoms with Crippen LogP contribution in [0.25, 0.3) is 0 Å². The first-order chi connectivity index (χ1) is 5.26. The number of halogens is 1. The molecule has 0 fully saturated rings. The molecule has 0 saturated carbocycles. The summed E-state index contributed by atoms with van der Waals surface area (Å²) in [4.78, 5) is 0. The first-order valence-electron chi connectivity index (χ1n) is 3.87. The summed E-state index contributed by atoms with van der Waals surface area (Å²) in [5.74, 6) is 0. The van der Waals surface area contributed by atoms with Crippen LogP contribution in [0.15, 0.2) is 0 Å². The third kappa shape index (κ3) is 4.95. The summed E-state index contributed by atoms with van der Waals surface area (Å²) in [6.07, 6.45) is 2.40. The normalized spacial score (nSPS) is 13.9. The zero-order valence-electron chi connectivity index (χ0n) is 7.47. The number of hydrogen-bond acceptors (Lipinski definition) is 2. The number of alkyl halides is 1. The van der Waals surface area contributed by atoms with Gasteiger partial charge in [-0.3, -0.25) is 0 Å². The van der Waals surface area contributed by atoms with Crippen molar-refractivity contribution in [3.63, 3.8) is 0 Å². The topological polar surface area (TPSA) is 18.5 Å². The molecule has 68 valence electrons. The van der Waals surface area contributed by atoms with Gasteiger partial charge in [0.25, 0.3) is 0 Å². The maximum absolute atomic E-state index is 5.26. The van der Waals surface area contributed by atoms with Crippen molar-refractivity contribution in [1.29, 1.82) is 0 Å². The third-order valence-electron chi connectivity index (χ3n) is 1.72. The summed E-state index contributed by atoms with van der Waals surface area (Å²) in [7, 11) is 2.14. The van der Waals surface area contributed by atoms with Crippen LogP contribution in [-0.4, -0.2) is 28.8 Å². The van der Waals surface area contributed by atoms with Crippen LogP contribution in [0.3, 0.4) is 0 Å². The van der Waals surface area contributed by atoms with Gasteiger partial charge in [-0.2, -0.15) is 0 Å². The molecule has 1 atom stereocenters. The second kappa shape index (κ2) is 7.28. The Morgan fingerprint density at radius 3 is 2.27 bits per heavy atom. The highest BCUT2D eigenvalue weighted by Gasteiger charge is 2.18. The number of hydrogen-bond donors (Lipinski definition) is 0. The highest BCUT2D eigenvalue weighted by atomic mass is 79.9. The Hall–Kier alpha value is 0.617. The van der Waals surface area contributed by atoms with E-state index in [1.165, 1.54) is 12.8 Å². The lowest BCUT2D eigenvalue weighted by Crippen LogP contribution is -2.24. The predicted octanol–water partition coefficient (Wildman–Crippen LogP) is 2.06. The summed E-state index contributed by atoms with van der Waals surface area (Å²) in [5, 5.41) is 1.08. The van der Waals surface area contributed by atoms with Gasteiger partial charge in [-0.25, -0.2) is 0 Å². The highest BCUT2D eigenvalue weighted by molar-refractivity contribution is 9.09. The zero-order valence-corrected chi connectivity index (χ0v) is 10.2. The van der Waals surface area contributed by atoms with Crippen LogP contribution in [0, 0.1) is 0 Å². The Morgan fingerprint density at radius 2 is 1.91 bits per heavy atom. The minimum Gasteiger partial charge on any atom is -0.400 e. The van der Waals surface area contributed by atoms with Crippen molar-refractivity contribution < 1.29 is 8.85 Å². The Labute approximate surface area is 79.2 Å². The zero-order chi connectivity index (χ0) is 8.69. The molecule has 0 radical (unpaired) electrons. The minimum absolute atomic E-state index is 0.613. The first kappa shape index (κ1) is 11.6. The summed E-state index contributed by atoms with van der Waals surface area (Å²) in [5.41, 5.74) is 0.613. The van der Waals surface area contributed by atoms with Crippen molar-refractivity contribution in [2.24, 2.45) is 0 Å². The van der Waals surface area contributed by atoms with Crippen molar-refractivity contribution in [2.75, 3.05) is 19.5 Å². The summed E-state index contributed by atoms with van der Waals surface area (Å²) in [6, 6.07) is 0. The third-order valence-corrected chi connectivity index (χ3v) is 4.47. The van der Waals surface area contributed by atoms with Crippen LogP contribution in [0.5, 0.6) is 0 Å². The van der Waals surface area contributed by atoms with E-state index >= 15 is 0 Å². The van der Waals surface area contributed by atoms with Gasteiger partial charge in [0, 0.05) is 19.5 Å². The van der Waals surface area contributed by atoms with Crippen LogP contribution in [0.2, 0.25) is 5.54 Å². The molecule has 4 heteroatoms. The van der Waals surface area contributed by atoms with Gasteiger partial charge in [-0.15, -0.1) is 0 Å². The van der Waals surface area contributed by atoms with E-state index in [9.17, 15) is 0 Å². The molecular weight excluding hydrogens is 224 g/mol. The molecule has 0 aromatic heterocycles. The van der Waals surface area contributed by atoms with Gasteiger partial charge in [0.1, 0.15) is 0 Å². The second-order valence-electron chi connectivity index (χ2n) is 2.65. The predicted molar refractivity (Wildman–Crippen MR) is 53.6 cm³/mol. The Bertz CT molecular complexity index is 88.5. The molecule has 1 unspecified atom stereocenters.